The number of benzene rings is 3. The van der Waals surface area contributed by atoms with Crippen LogP contribution in [-0.4, -0.2) is 37.2 Å². The number of anilines is 1. The predicted octanol–water partition coefficient (Wildman–Crippen LogP) is 3.05. The molecule has 30 heavy (non-hydrogen) atoms. The first kappa shape index (κ1) is 19.5. The molecule has 2 N–H and O–H groups in total. The summed E-state index contributed by atoms with van der Waals surface area (Å²) in [6.07, 6.45) is -1.10. The lowest BCUT2D eigenvalue weighted by Gasteiger charge is -2.23. The number of benzodiazepines with no additional fused rings is 1. The highest BCUT2D eigenvalue weighted by atomic mass is 16.5. The molecular formula is C24H21N3O3. The number of ketones is 1. The molecule has 0 saturated heterocycles. The topological polar surface area (TPSA) is 85.0 Å². The number of methoxy groups -OCH3 is 1. The number of carbonyl (C=O) groups is 2. The highest BCUT2D eigenvalue weighted by molar-refractivity contribution is 6.21. The molecule has 6 nitrogen and oxygen atoms in total. The van der Waals surface area contributed by atoms with Crippen LogP contribution < -0.4 is 15.4 Å². The van der Waals surface area contributed by atoms with Gasteiger partial charge >= 0.3 is 0 Å². The van der Waals surface area contributed by atoms with E-state index in [0.717, 1.165) is 11.1 Å². The van der Waals surface area contributed by atoms with Crippen molar-refractivity contribution < 1.29 is 14.3 Å². The van der Waals surface area contributed by atoms with E-state index >= 15 is 0 Å². The molecular weight excluding hydrogens is 378 g/mol. The molecule has 1 aliphatic rings. The van der Waals surface area contributed by atoms with E-state index < -0.39 is 12.1 Å². The summed E-state index contributed by atoms with van der Waals surface area (Å²) in [7, 11) is 1.56. The second kappa shape index (κ2) is 8.31. The van der Waals surface area contributed by atoms with Crippen LogP contribution in [0.15, 0.2) is 83.9 Å². The molecule has 1 atom stereocenters. The smallest absolute Gasteiger partial charge is 0.266 e. The molecule has 6 heteroatoms. The molecule has 0 saturated carbocycles. The van der Waals surface area contributed by atoms with Crippen molar-refractivity contribution in [2.45, 2.75) is 6.17 Å². The number of aliphatic imine (C=N–C) groups is 1. The van der Waals surface area contributed by atoms with Gasteiger partial charge in [0.25, 0.3) is 5.91 Å². The van der Waals surface area contributed by atoms with E-state index in [9.17, 15) is 9.59 Å². The van der Waals surface area contributed by atoms with Crippen molar-refractivity contribution in [3.63, 3.8) is 0 Å². The summed E-state index contributed by atoms with van der Waals surface area (Å²) >= 11 is 0. The van der Waals surface area contributed by atoms with E-state index in [1.165, 1.54) is 4.90 Å². The van der Waals surface area contributed by atoms with Gasteiger partial charge in [0, 0.05) is 16.7 Å². The monoisotopic (exact) mass is 399 g/mol. The van der Waals surface area contributed by atoms with E-state index in [1.807, 2.05) is 54.6 Å². The lowest BCUT2D eigenvalue weighted by molar-refractivity contribution is -0.119. The first-order valence-corrected chi connectivity index (χ1v) is 9.55. The Balaban J connectivity index is 1.73. The van der Waals surface area contributed by atoms with Crippen molar-refractivity contribution in [1.82, 2.24) is 0 Å². The zero-order valence-corrected chi connectivity index (χ0v) is 16.5. The van der Waals surface area contributed by atoms with Crippen molar-refractivity contribution in [3.05, 3.63) is 95.6 Å². The summed E-state index contributed by atoms with van der Waals surface area (Å²) in [5, 5.41) is 0. The molecule has 1 amide bonds. The van der Waals surface area contributed by atoms with Crippen LogP contribution in [-0.2, 0) is 4.79 Å². The van der Waals surface area contributed by atoms with E-state index in [-0.39, 0.29) is 12.3 Å². The molecule has 0 spiro atoms. The van der Waals surface area contributed by atoms with Gasteiger partial charge in [-0.25, -0.2) is 0 Å². The Labute approximate surface area is 174 Å². The van der Waals surface area contributed by atoms with Gasteiger partial charge in [-0.2, -0.15) is 0 Å². The third-order valence-corrected chi connectivity index (χ3v) is 5.00. The quantitative estimate of drug-likeness (QED) is 0.669. The number of fused-ring (bicyclic) bond motifs is 1. The highest BCUT2D eigenvalue weighted by Gasteiger charge is 2.31. The zero-order valence-electron chi connectivity index (χ0n) is 16.5. The van der Waals surface area contributed by atoms with Gasteiger partial charge < -0.3 is 15.4 Å². The van der Waals surface area contributed by atoms with Crippen LogP contribution in [0.1, 0.15) is 21.5 Å². The normalized spacial score (nSPS) is 15.8. The largest absolute Gasteiger partial charge is 0.497 e. The number of nitrogens with two attached hydrogens (primary N) is 1. The minimum absolute atomic E-state index is 0.131. The first-order chi connectivity index (χ1) is 14.6. The maximum absolute atomic E-state index is 13.1. The Bertz CT molecular complexity index is 1110. The molecule has 4 rings (SSSR count). The number of Topliss-reactive ketones (excluding diaryl/α,β-unsaturated/α-hetero) is 1. The summed E-state index contributed by atoms with van der Waals surface area (Å²) in [4.78, 5) is 31.9. The van der Waals surface area contributed by atoms with Crippen LogP contribution in [0.5, 0.6) is 5.75 Å². The molecule has 0 aliphatic carbocycles. The number of hydrogen-bond acceptors (Lipinski definition) is 5. The predicted molar refractivity (Wildman–Crippen MR) is 116 cm³/mol. The number of nitrogens with zero attached hydrogens (tertiary/aromatic N) is 2. The molecule has 0 aromatic heterocycles. The van der Waals surface area contributed by atoms with Crippen molar-refractivity contribution in [2.24, 2.45) is 10.7 Å². The van der Waals surface area contributed by atoms with Crippen LogP contribution in [0.2, 0.25) is 0 Å². The Morgan fingerprint density at radius 1 is 1.00 bits per heavy atom. The average molecular weight is 399 g/mol. The summed E-state index contributed by atoms with van der Waals surface area (Å²) in [5.74, 6) is 0.0390. The molecule has 0 radical (unpaired) electrons. The first-order valence-electron chi connectivity index (χ1n) is 9.55. The molecule has 1 heterocycles. The number of ether oxygens (including phenoxy) is 1. The second-order valence-electron chi connectivity index (χ2n) is 6.88. The summed E-state index contributed by atoms with van der Waals surface area (Å²) in [5.41, 5.74) is 9.47. The maximum Gasteiger partial charge on any atom is 0.266 e. The molecule has 0 bridgehead atoms. The summed E-state index contributed by atoms with van der Waals surface area (Å²) in [6, 6.07) is 23.8. The third-order valence-electron chi connectivity index (χ3n) is 5.00. The Kier molecular flexibility index (Phi) is 5.41. The van der Waals surface area contributed by atoms with Gasteiger partial charge in [-0.05, 0) is 30.3 Å². The van der Waals surface area contributed by atoms with Gasteiger partial charge in [0.1, 0.15) is 5.75 Å². The minimum atomic E-state index is -1.10. The van der Waals surface area contributed by atoms with Gasteiger partial charge in [-0.3, -0.25) is 14.6 Å². The number of hydrogen-bond donors (Lipinski definition) is 1. The standard InChI is InChI=1S/C24H21N3O3/c1-30-18-13-11-16(12-14-18)21(28)15-27-20-10-6-5-9-19(20)22(26-23(25)24(27)29)17-7-3-2-4-8-17/h2-14,23H,15,25H2,1H3. The third kappa shape index (κ3) is 3.73. The number of para-hydroxylation sites is 1. The van der Waals surface area contributed by atoms with Crippen LogP contribution in [0.4, 0.5) is 5.69 Å². The molecule has 1 unspecified atom stereocenters. The van der Waals surface area contributed by atoms with Gasteiger partial charge in [0.05, 0.1) is 25.1 Å². The Morgan fingerprint density at radius 3 is 2.37 bits per heavy atom. The fraction of sp³-hybridized carbons (Fsp3) is 0.125. The number of rotatable bonds is 5. The summed E-state index contributed by atoms with van der Waals surface area (Å²) in [6.45, 7) is -0.131. The van der Waals surface area contributed by atoms with Crippen LogP contribution in [0.3, 0.4) is 0 Å². The van der Waals surface area contributed by atoms with Gasteiger partial charge in [-0.1, -0.05) is 48.5 Å². The average Bonchev–Trinajstić information content (AvgIpc) is 2.90. The van der Waals surface area contributed by atoms with Gasteiger partial charge in [0.15, 0.2) is 11.9 Å². The fourth-order valence-corrected chi connectivity index (χ4v) is 3.45. The highest BCUT2D eigenvalue weighted by Crippen LogP contribution is 2.28. The lowest BCUT2D eigenvalue weighted by atomic mass is 10.00. The molecule has 3 aromatic carbocycles. The van der Waals surface area contributed by atoms with Crippen molar-refractivity contribution in [1.29, 1.82) is 0 Å². The van der Waals surface area contributed by atoms with Crippen LogP contribution in [0, 0.1) is 0 Å². The van der Waals surface area contributed by atoms with E-state index in [4.69, 9.17) is 10.5 Å². The van der Waals surface area contributed by atoms with Crippen molar-refractivity contribution in [3.8, 4) is 5.75 Å². The van der Waals surface area contributed by atoms with Crippen molar-refractivity contribution >= 4 is 23.1 Å². The van der Waals surface area contributed by atoms with Crippen LogP contribution in [0.25, 0.3) is 0 Å². The van der Waals surface area contributed by atoms with E-state index in [0.29, 0.717) is 22.7 Å². The fourth-order valence-electron chi connectivity index (χ4n) is 3.45. The molecule has 1 aliphatic heterocycles. The van der Waals surface area contributed by atoms with Gasteiger partial charge in [0.2, 0.25) is 0 Å². The van der Waals surface area contributed by atoms with E-state index in [2.05, 4.69) is 4.99 Å². The Hall–Kier alpha value is -3.77. The summed E-state index contributed by atoms with van der Waals surface area (Å²) < 4.78 is 5.14. The van der Waals surface area contributed by atoms with E-state index in [1.54, 1.807) is 31.4 Å². The SMILES string of the molecule is COc1ccc(C(=O)CN2C(=O)C(N)N=C(c3ccccc3)c3ccccc32)cc1. The van der Waals surface area contributed by atoms with Crippen molar-refractivity contribution in [2.75, 3.05) is 18.6 Å². The molecule has 150 valence electrons. The van der Waals surface area contributed by atoms with Crippen LogP contribution >= 0.6 is 0 Å². The minimum Gasteiger partial charge on any atom is -0.497 e. The Morgan fingerprint density at radius 2 is 1.67 bits per heavy atom. The van der Waals surface area contributed by atoms with Gasteiger partial charge in [-0.15, -0.1) is 0 Å². The zero-order chi connectivity index (χ0) is 21.1. The maximum atomic E-state index is 13.1. The number of amides is 1. The second-order valence-corrected chi connectivity index (χ2v) is 6.88. The lowest BCUT2D eigenvalue weighted by Crippen LogP contribution is -2.44. The molecule has 0 fully saturated rings. The number of carbonyl (C=O) groups excluding carboxylic acids is 2. The molecule has 3 aromatic rings.